The number of nitrogens with zero attached hydrogens (tertiary/aromatic N) is 1. The van der Waals surface area contributed by atoms with Crippen LogP contribution in [0.4, 0.5) is 11.4 Å². The molecule has 6 aromatic carbocycles. The van der Waals surface area contributed by atoms with E-state index in [1.807, 2.05) is 6.07 Å². The lowest BCUT2D eigenvalue weighted by Gasteiger charge is -2.42. The summed E-state index contributed by atoms with van der Waals surface area (Å²) < 4.78 is 9.02. The molecule has 0 saturated heterocycles. The van der Waals surface area contributed by atoms with Gasteiger partial charge < -0.3 is 14.3 Å². The zero-order chi connectivity index (χ0) is 34.6. The number of rotatable bonds is 4. The van der Waals surface area contributed by atoms with Crippen molar-refractivity contribution in [3.05, 3.63) is 138 Å². The van der Waals surface area contributed by atoms with Crippen LogP contribution in [-0.2, 0) is 10.8 Å². The second-order valence-electron chi connectivity index (χ2n) is 16.2. The third-order valence-electron chi connectivity index (χ3n) is 12.0. The van der Waals surface area contributed by atoms with Crippen molar-refractivity contribution in [3.8, 4) is 28.1 Å². The highest BCUT2D eigenvalue weighted by molar-refractivity contribution is 6.73. The number of hydrogen-bond donors (Lipinski definition) is 1. The summed E-state index contributed by atoms with van der Waals surface area (Å²) >= 11 is 0. The van der Waals surface area contributed by atoms with Crippen LogP contribution in [-0.4, -0.2) is 11.8 Å². The van der Waals surface area contributed by atoms with Gasteiger partial charge in [0.1, 0.15) is 11.3 Å². The highest BCUT2D eigenvalue weighted by atomic mass is 16.3. The van der Waals surface area contributed by atoms with E-state index in [0.717, 1.165) is 40.9 Å². The fourth-order valence-corrected chi connectivity index (χ4v) is 9.15. The first-order valence-electron chi connectivity index (χ1n) is 18.4. The first kappa shape index (κ1) is 30.4. The highest BCUT2D eigenvalue weighted by Crippen LogP contribution is 2.47. The number of furan rings is 1. The fourth-order valence-electron chi connectivity index (χ4n) is 9.15. The van der Waals surface area contributed by atoms with Gasteiger partial charge in [-0.25, -0.2) is 0 Å². The van der Waals surface area contributed by atoms with Gasteiger partial charge in [-0.15, -0.1) is 0 Å². The van der Waals surface area contributed by atoms with Gasteiger partial charge in [-0.1, -0.05) is 118 Å². The Morgan fingerprint density at radius 2 is 1.45 bits per heavy atom. The van der Waals surface area contributed by atoms with Gasteiger partial charge in [0.2, 0.25) is 0 Å². The van der Waals surface area contributed by atoms with E-state index in [1.165, 1.54) is 79.1 Å². The van der Waals surface area contributed by atoms with Gasteiger partial charge in [0.15, 0.2) is 7.28 Å². The van der Waals surface area contributed by atoms with Gasteiger partial charge in [0.25, 0.3) is 0 Å². The van der Waals surface area contributed by atoms with Crippen molar-refractivity contribution in [1.29, 1.82) is 0 Å². The van der Waals surface area contributed by atoms with Crippen LogP contribution in [0.5, 0.6) is 0 Å². The Morgan fingerprint density at radius 3 is 2.29 bits per heavy atom. The second-order valence-corrected chi connectivity index (χ2v) is 16.2. The molecule has 1 aliphatic heterocycles. The number of para-hydroxylation sites is 2. The molecule has 51 heavy (non-hydrogen) atoms. The summed E-state index contributed by atoms with van der Waals surface area (Å²) in [6.45, 7) is 11.9. The number of fused-ring (bicyclic) bond motifs is 7. The Kier molecular flexibility index (Phi) is 6.41. The molecular formula is C47H41BN2O. The Morgan fingerprint density at radius 1 is 0.706 bits per heavy atom. The van der Waals surface area contributed by atoms with E-state index >= 15 is 0 Å². The normalized spacial score (nSPS) is 15.5. The molecular weight excluding hydrogens is 619 g/mol. The van der Waals surface area contributed by atoms with E-state index < -0.39 is 0 Å². The summed E-state index contributed by atoms with van der Waals surface area (Å²) in [6.07, 6.45) is 2.41. The molecule has 0 bridgehead atoms. The lowest BCUT2D eigenvalue weighted by Crippen LogP contribution is -2.37. The van der Waals surface area contributed by atoms with Gasteiger partial charge >= 0.3 is 0 Å². The molecule has 3 heterocycles. The van der Waals surface area contributed by atoms with E-state index in [2.05, 4.69) is 160 Å². The molecule has 0 atom stereocenters. The number of benzene rings is 6. The van der Waals surface area contributed by atoms with Crippen LogP contribution in [0.15, 0.2) is 126 Å². The van der Waals surface area contributed by atoms with E-state index in [1.54, 1.807) is 0 Å². The number of aromatic nitrogens is 1. The zero-order valence-electron chi connectivity index (χ0n) is 30.0. The summed E-state index contributed by atoms with van der Waals surface area (Å²) in [7, 11) is 0.843. The maximum absolute atomic E-state index is 6.52. The molecule has 1 N–H and O–H groups in total. The SMILES string of the molecule is Cc1cc(-c2ccccc2Nc2ccc3c(c2)C(C)(C)CCC3(C)C)c2c3c1c1ccccc1n3-c1cc3oc(-c4ccccc4)cc3cc1B2. The Bertz CT molecular complexity index is 2710. The molecule has 0 amide bonds. The van der Waals surface area contributed by atoms with Crippen molar-refractivity contribution < 1.29 is 4.42 Å². The van der Waals surface area contributed by atoms with Crippen LogP contribution in [0, 0.1) is 6.92 Å². The third kappa shape index (κ3) is 4.58. The molecule has 0 saturated carbocycles. The van der Waals surface area contributed by atoms with Crippen molar-refractivity contribution in [3.63, 3.8) is 0 Å². The van der Waals surface area contributed by atoms with Crippen molar-refractivity contribution in [2.24, 2.45) is 0 Å². The fraction of sp³-hybridized carbons (Fsp3) is 0.191. The van der Waals surface area contributed by atoms with E-state index in [4.69, 9.17) is 4.42 Å². The summed E-state index contributed by atoms with van der Waals surface area (Å²) in [6, 6.07) is 44.5. The van der Waals surface area contributed by atoms with Gasteiger partial charge in [-0.3, -0.25) is 0 Å². The van der Waals surface area contributed by atoms with Gasteiger partial charge in [0.05, 0.1) is 5.52 Å². The van der Waals surface area contributed by atoms with Gasteiger partial charge in [0, 0.05) is 55.9 Å². The molecule has 8 aromatic rings. The second kappa shape index (κ2) is 10.8. The van der Waals surface area contributed by atoms with Gasteiger partial charge in [-0.2, -0.15) is 0 Å². The minimum atomic E-state index is 0.150. The third-order valence-corrected chi connectivity index (χ3v) is 12.0. The Hall–Kier alpha value is -5.48. The lowest BCUT2D eigenvalue weighted by molar-refractivity contribution is 0.332. The number of hydrogen-bond acceptors (Lipinski definition) is 2. The summed E-state index contributed by atoms with van der Waals surface area (Å²) in [4.78, 5) is 0. The highest BCUT2D eigenvalue weighted by Gasteiger charge is 2.37. The molecule has 0 fully saturated rings. The van der Waals surface area contributed by atoms with Crippen molar-refractivity contribution in [1.82, 2.24) is 4.57 Å². The van der Waals surface area contributed by atoms with Crippen molar-refractivity contribution >= 4 is 62.4 Å². The first-order chi connectivity index (χ1) is 24.7. The lowest BCUT2D eigenvalue weighted by atomic mass is 9.58. The van der Waals surface area contributed by atoms with Crippen LogP contribution in [0.3, 0.4) is 0 Å². The Labute approximate surface area is 300 Å². The summed E-state index contributed by atoms with van der Waals surface area (Å²) in [5.74, 6) is 0.902. The van der Waals surface area contributed by atoms with Crippen LogP contribution in [0.1, 0.15) is 57.2 Å². The van der Waals surface area contributed by atoms with E-state index in [9.17, 15) is 0 Å². The summed E-state index contributed by atoms with van der Waals surface area (Å²) in [5, 5.41) is 7.67. The van der Waals surface area contributed by atoms with E-state index in [0.29, 0.717) is 0 Å². The molecule has 1 aliphatic carbocycles. The van der Waals surface area contributed by atoms with Crippen LogP contribution in [0.25, 0.3) is 60.9 Å². The number of aryl methyl sites for hydroxylation is 1. The molecule has 248 valence electrons. The molecule has 0 spiro atoms. The average Bonchev–Trinajstić information content (AvgIpc) is 3.72. The number of nitrogens with one attached hydrogen (secondary N) is 1. The van der Waals surface area contributed by atoms with Crippen LogP contribution >= 0.6 is 0 Å². The smallest absolute Gasteiger partial charge is 0.198 e. The minimum Gasteiger partial charge on any atom is -0.456 e. The van der Waals surface area contributed by atoms with Crippen molar-refractivity contribution in [2.45, 2.75) is 58.3 Å². The van der Waals surface area contributed by atoms with Crippen molar-refractivity contribution in [2.75, 3.05) is 5.32 Å². The molecule has 10 rings (SSSR count). The molecule has 3 nitrogen and oxygen atoms in total. The molecule has 0 radical (unpaired) electrons. The van der Waals surface area contributed by atoms with Gasteiger partial charge in [-0.05, 0) is 88.6 Å². The topological polar surface area (TPSA) is 30.1 Å². The van der Waals surface area contributed by atoms with Crippen LogP contribution < -0.4 is 16.2 Å². The zero-order valence-corrected chi connectivity index (χ0v) is 30.0. The molecule has 2 aromatic heterocycles. The quantitative estimate of drug-likeness (QED) is 0.190. The maximum Gasteiger partial charge on any atom is 0.198 e. The number of anilines is 2. The average molecular weight is 661 g/mol. The molecule has 0 unspecified atom stereocenters. The molecule has 2 aliphatic rings. The minimum absolute atomic E-state index is 0.150. The predicted molar refractivity (Wildman–Crippen MR) is 218 cm³/mol. The summed E-state index contributed by atoms with van der Waals surface area (Å²) in [5.41, 5.74) is 17.8. The monoisotopic (exact) mass is 660 g/mol. The predicted octanol–water partition coefficient (Wildman–Crippen LogP) is 11.0. The van der Waals surface area contributed by atoms with E-state index in [-0.39, 0.29) is 10.8 Å². The maximum atomic E-state index is 6.52. The largest absolute Gasteiger partial charge is 0.456 e. The molecule has 4 heteroatoms. The van der Waals surface area contributed by atoms with Crippen LogP contribution in [0.2, 0.25) is 0 Å². The standard InChI is InChI=1S/C47H41BN2O/c1-28-23-34(32-15-9-11-17-38(32)49-31-19-20-35-36(26-31)47(4,5)22-21-46(35,2)3)44-45-43(28)33-16-10-12-18-39(33)50(45)40-27-42-30(24-37(40)48-44)25-41(51-42)29-13-7-6-8-14-29/h6-20,23-27,48-49H,21-22H2,1-5H3. The Balaban J connectivity index is 1.16. The first-order valence-corrected chi connectivity index (χ1v) is 18.4.